The van der Waals surface area contributed by atoms with Gasteiger partial charge in [0.1, 0.15) is 5.75 Å². The lowest BCUT2D eigenvalue weighted by Crippen LogP contribution is -2.10. The molecule has 0 radical (unpaired) electrons. The van der Waals surface area contributed by atoms with E-state index in [1.54, 1.807) is 11.8 Å². The molecule has 0 saturated heterocycles. The minimum Gasteiger partial charge on any atom is -0.483 e. The number of benzene rings is 2. The minimum absolute atomic E-state index is 0.164. The molecule has 0 spiro atoms. The lowest BCUT2D eigenvalue weighted by Gasteiger charge is -2.15. The molecule has 2 aromatic carbocycles. The Morgan fingerprint density at radius 3 is 2.50 bits per heavy atom. The summed E-state index contributed by atoms with van der Waals surface area (Å²) in [5, 5.41) is 9.61. The minimum atomic E-state index is -0.164. The molecule has 3 rings (SSSR count). The number of aryl methyl sites for hydroxylation is 3. The van der Waals surface area contributed by atoms with Crippen LogP contribution in [-0.2, 0) is 12.8 Å². The maximum absolute atomic E-state index is 6.08. The molecule has 0 aliphatic heterocycles. The van der Waals surface area contributed by atoms with Gasteiger partial charge >= 0.3 is 0 Å². The molecule has 5 heteroatoms. The van der Waals surface area contributed by atoms with Gasteiger partial charge in [0.15, 0.2) is 17.1 Å². The third-order valence-corrected chi connectivity index (χ3v) is 5.71. The summed E-state index contributed by atoms with van der Waals surface area (Å²) < 4.78 is 8.10. The van der Waals surface area contributed by atoms with Crippen LogP contribution >= 0.6 is 11.8 Å². The molecule has 1 heterocycles. The number of hydrogen-bond acceptors (Lipinski definition) is 4. The number of thioether (sulfide) groups is 1. The summed E-state index contributed by atoms with van der Waals surface area (Å²) >= 11 is 1.70. The van der Waals surface area contributed by atoms with Crippen LogP contribution in [0.25, 0.3) is 0 Å². The molecule has 1 aromatic heterocycles. The number of ether oxygens (including phenoxy) is 1. The summed E-state index contributed by atoms with van der Waals surface area (Å²) in [5.41, 5.74) is 5.11. The van der Waals surface area contributed by atoms with E-state index in [4.69, 9.17) is 4.74 Å². The zero-order chi connectivity index (χ0) is 18.7. The molecule has 1 atom stereocenters. The Hall–Kier alpha value is -2.27. The summed E-state index contributed by atoms with van der Waals surface area (Å²) in [6.07, 6.45) is -0.164. The fourth-order valence-electron chi connectivity index (χ4n) is 2.76. The van der Waals surface area contributed by atoms with Crippen molar-refractivity contribution >= 4 is 11.8 Å². The van der Waals surface area contributed by atoms with Gasteiger partial charge < -0.3 is 9.30 Å². The van der Waals surface area contributed by atoms with Crippen molar-refractivity contribution in [1.29, 1.82) is 0 Å². The molecule has 0 bridgehead atoms. The van der Waals surface area contributed by atoms with Crippen molar-refractivity contribution in [1.82, 2.24) is 14.8 Å². The second-order valence-corrected chi connectivity index (χ2v) is 7.56. The average Bonchev–Trinajstić information content (AvgIpc) is 2.98. The van der Waals surface area contributed by atoms with E-state index in [0.29, 0.717) is 0 Å². The Kier molecular flexibility index (Phi) is 5.67. The molecule has 26 heavy (non-hydrogen) atoms. The average molecular weight is 368 g/mol. The molecular formula is C21H25N3OS. The normalized spacial score (nSPS) is 12.2. The molecular weight excluding hydrogens is 342 g/mol. The maximum Gasteiger partial charge on any atom is 0.191 e. The van der Waals surface area contributed by atoms with E-state index >= 15 is 0 Å². The first-order valence-electron chi connectivity index (χ1n) is 8.76. The van der Waals surface area contributed by atoms with Gasteiger partial charge in [-0.15, -0.1) is 10.2 Å². The number of aromatic nitrogens is 3. The van der Waals surface area contributed by atoms with E-state index in [0.717, 1.165) is 22.5 Å². The van der Waals surface area contributed by atoms with Crippen LogP contribution in [-0.4, -0.2) is 14.8 Å². The van der Waals surface area contributed by atoms with Gasteiger partial charge in [0.05, 0.1) is 0 Å². The molecule has 0 saturated carbocycles. The van der Waals surface area contributed by atoms with E-state index in [2.05, 4.69) is 67.4 Å². The van der Waals surface area contributed by atoms with Gasteiger partial charge in [0.2, 0.25) is 0 Å². The molecule has 1 unspecified atom stereocenters. The fourth-order valence-corrected chi connectivity index (χ4v) is 3.76. The van der Waals surface area contributed by atoms with Crippen LogP contribution in [0.1, 0.15) is 41.1 Å². The van der Waals surface area contributed by atoms with Gasteiger partial charge in [0.25, 0.3) is 0 Å². The van der Waals surface area contributed by atoms with Gasteiger partial charge in [-0.2, -0.15) is 0 Å². The third-order valence-electron chi connectivity index (χ3n) is 4.64. The van der Waals surface area contributed by atoms with Crippen molar-refractivity contribution < 1.29 is 4.74 Å². The molecule has 3 aromatic rings. The second kappa shape index (κ2) is 7.96. The monoisotopic (exact) mass is 367 g/mol. The molecule has 0 aliphatic rings. The fraction of sp³-hybridized carbons (Fsp3) is 0.333. The predicted octanol–water partition coefficient (Wildman–Crippen LogP) is 5.17. The standard InChI is InChI=1S/C21H25N3OS/c1-14-10-11-19(12-16(14)3)25-17(4)20-22-23-21(24(20)5)26-13-18-9-7-6-8-15(18)2/h6-12,17H,13H2,1-5H3. The first-order chi connectivity index (χ1) is 12.5. The van der Waals surface area contributed by atoms with Crippen molar-refractivity contribution in [2.75, 3.05) is 0 Å². The smallest absolute Gasteiger partial charge is 0.191 e. The largest absolute Gasteiger partial charge is 0.483 e. The third kappa shape index (κ3) is 4.10. The van der Waals surface area contributed by atoms with E-state index in [-0.39, 0.29) is 6.10 Å². The number of hydrogen-bond donors (Lipinski definition) is 0. The highest BCUT2D eigenvalue weighted by Gasteiger charge is 2.17. The van der Waals surface area contributed by atoms with Crippen molar-refractivity contribution in [3.8, 4) is 5.75 Å². The topological polar surface area (TPSA) is 39.9 Å². The van der Waals surface area contributed by atoms with Crippen molar-refractivity contribution in [3.05, 3.63) is 70.5 Å². The van der Waals surface area contributed by atoms with E-state index in [9.17, 15) is 0 Å². The molecule has 0 N–H and O–H groups in total. The highest BCUT2D eigenvalue weighted by Crippen LogP contribution is 2.27. The molecule has 136 valence electrons. The van der Waals surface area contributed by atoms with Crippen molar-refractivity contribution in [3.63, 3.8) is 0 Å². The van der Waals surface area contributed by atoms with Crippen LogP contribution in [0.15, 0.2) is 47.6 Å². The zero-order valence-electron chi connectivity index (χ0n) is 16.0. The highest BCUT2D eigenvalue weighted by molar-refractivity contribution is 7.98. The molecule has 0 aliphatic carbocycles. The van der Waals surface area contributed by atoms with Crippen molar-refractivity contribution in [2.45, 2.75) is 44.7 Å². The molecule has 0 amide bonds. The Morgan fingerprint density at radius 1 is 1.00 bits per heavy atom. The van der Waals surface area contributed by atoms with Crippen LogP contribution in [0.2, 0.25) is 0 Å². The summed E-state index contributed by atoms with van der Waals surface area (Å²) in [6.45, 7) is 8.34. The summed E-state index contributed by atoms with van der Waals surface area (Å²) in [5.74, 6) is 2.57. The summed E-state index contributed by atoms with van der Waals surface area (Å²) in [4.78, 5) is 0. The van der Waals surface area contributed by atoms with E-state index in [1.165, 1.54) is 22.3 Å². The van der Waals surface area contributed by atoms with Crippen LogP contribution in [0, 0.1) is 20.8 Å². The lowest BCUT2D eigenvalue weighted by molar-refractivity contribution is 0.211. The van der Waals surface area contributed by atoms with Crippen molar-refractivity contribution in [2.24, 2.45) is 7.05 Å². The van der Waals surface area contributed by atoms with Gasteiger partial charge in [-0.1, -0.05) is 42.1 Å². The first kappa shape index (κ1) is 18.5. The number of nitrogens with zero attached hydrogens (tertiary/aromatic N) is 3. The number of rotatable bonds is 6. The van der Waals surface area contributed by atoms with E-state index < -0.39 is 0 Å². The maximum atomic E-state index is 6.08. The molecule has 0 fully saturated rings. The van der Waals surface area contributed by atoms with Crippen LogP contribution in [0.4, 0.5) is 0 Å². The van der Waals surface area contributed by atoms with Gasteiger partial charge in [-0.05, 0) is 62.1 Å². The SMILES string of the molecule is Cc1ccc(OC(C)c2nnc(SCc3ccccc3C)n2C)cc1C. The van der Waals surface area contributed by atoms with Gasteiger partial charge in [-0.3, -0.25) is 0 Å². The first-order valence-corrected chi connectivity index (χ1v) is 9.74. The highest BCUT2D eigenvalue weighted by atomic mass is 32.2. The Labute approximate surface area is 159 Å². The Bertz CT molecular complexity index is 904. The predicted molar refractivity (Wildman–Crippen MR) is 107 cm³/mol. The summed E-state index contributed by atoms with van der Waals surface area (Å²) in [7, 11) is 2.00. The Balaban J connectivity index is 1.69. The summed E-state index contributed by atoms with van der Waals surface area (Å²) in [6, 6.07) is 14.6. The zero-order valence-corrected chi connectivity index (χ0v) is 16.8. The quantitative estimate of drug-likeness (QED) is 0.563. The Morgan fingerprint density at radius 2 is 1.77 bits per heavy atom. The second-order valence-electron chi connectivity index (χ2n) is 6.62. The van der Waals surface area contributed by atoms with E-state index in [1.807, 2.05) is 24.6 Å². The lowest BCUT2D eigenvalue weighted by atomic mass is 10.1. The van der Waals surface area contributed by atoms with Crippen LogP contribution < -0.4 is 4.74 Å². The van der Waals surface area contributed by atoms with Gasteiger partial charge in [-0.25, -0.2) is 0 Å². The van der Waals surface area contributed by atoms with Crippen LogP contribution in [0.5, 0.6) is 5.75 Å². The van der Waals surface area contributed by atoms with Gasteiger partial charge in [0, 0.05) is 12.8 Å². The molecule has 4 nitrogen and oxygen atoms in total. The van der Waals surface area contributed by atoms with Crippen LogP contribution in [0.3, 0.4) is 0 Å².